The molecule has 0 fully saturated rings. The SMILES string of the molecule is CCCCNC1=NS(=O)N=C1Nc1cc(Cl)c(Cl)c(Cl)c1. The molecule has 5 nitrogen and oxygen atoms in total. The van der Waals surface area contributed by atoms with Gasteiger partial charge in [-0.1, -0.05) is 48.1 Å². The summed E-state index contributed by atoms with van der Waals surface area (Å²) in [6.45, 7) is 2.82. The van der Waals surface area contributed by atoms with Crippen LogP contribution in [0.2, 0.25) is 15.1 Å². The average Bonchev–Trinajstić information content (AvgIpc) is 2.76. The molecule has 21 heavy (non-hydrogen) atoms. The van der Waals surface area contributed by atoms with Gasteiger partial charge in [-0.2, -0.15) is 0 Å². The molecule has 1 atom stereocenters. The smallest absolute Gasteiger partial charge is 0.269 e. The quantitative estimate of drug-likeness (QED) is 0.627. The van der Waals surface area contributed by atoms with Crippen LogP contribution in [0.4, 0.5) is 5.69 Å². The average molecular weight is 368 g/mol. The summed E-state index contributed by atoms with van der Waals surface area (Å²) in [6, 6.07) is 3.23. The van der Waals surface area contributed by atoms with Crippen molar-refractivity contribution in [2.24, 2.45) is 8.80 Å². The van der Waals surface area contributed by atoms with Crippen molar-refractivity contribution in [3.63, 3.8) is 0 Å². The van der Waals surface area contributed by atoms with Gasteiger partial charge in [0.15, 0.2) is 11.7 Å². The molecule has 1 aliphatic rings. The van der Waals surface area contributed by atoms with Crippen molar-refractivity contribution in [2.45, 2.75) is 19.8 Å². The third-order valence-corrected chi connectivity index (χ3v) is 4.51. The lowest BCUT2D eigenvalue weighted by atomic mass is 10.3. The maximum atomic E-state index is 11.5. The maximum Gasteiger partial charge on any atom is 0.269 e. The third kappa shape index (κ3) is 4.32. The fraction of sp³-hybridized carbons (Fsp3) is 0.333. The summed E-state index contributed by atoms with van der Waals surface area (Å²) >= 11 is 16.2. The molecule has 114 valence electrons. The monoisotopic (exact) mass is 366 g/mol. The Morgan fingerprint density at radius 1 is 1.14 bits per heavy atom. The van der Waals surface area contributed by atoms with Crippen LogP contribution in [-0.2, 0) is 11.2 Å². The van der Waals surface area contributed by atoms with E-state index in [-0.39, 0.29) is 5.02 Å². The first-order chi connectivity index (χ1) is 10.0. The molecule has 0 spiro atoms. The lowest BCUT2D eigenvalue weighted by molar-refractivity contribution is 0.686. The standard InChI is InChI=1S/C12H13Cl3N4OS/c1-2-3-4-16-11-12(19-21(20)18-11)17-7-5-8(13)10(15)9(14)6-7/h5-6H,2-4H2,1H3,(H,16,18)(H,17,19). The number of rotatable bonds is 4. The van der Waals surface area contributed by atoms with Gasteiger partial charge in [-0.15, -0.1) is 8.80 Å². The predicted octanol–water partition coefficient (Wildman–Crippen LogP) is 3.84. The van der Waals surface area contributed by atoms with E-state index < -0.39 is 11.2 Å². The maximum absolute atomic E-state index is 11.5. The highest BCUT2D eigenvalue weighted by Crippen LogP contribution is 2.33. The second kappa shape index (κ2) is 7.45. The fourth-order valence-corrected chi connectivity index (χ4v) is 2.84. The number of hydrogen-bond donors (Lipinski definition) is 2. The first-order valence-corrected chi connectivity index (χ1v) is 8.46. The van der Waals surface area contributed by atoms with Gasteiger partial charge in [0.2, 0.25) is 0 Å². The van der Waals surface area contributed by atoms with E-state index in [9.17, 15) is 4.21 Å². The summed E-state index contributed by atoms with van der Waals surface area (Å²) < 4.78 is 19.3. The van der Waals surface area contributed by atoms with E-state index in [0.717, 1.165) is 19.4 Å². The molecule has 1 heterocycles. The number of anilines is 1. The third-order valence-electron chi connectivity index (χ3n) is 2.63. The highest BCUT2D eigenvalue weighted by atomic mass is 35.5. The molecular weight excluding hydrogens is 355 g/mol. The van der Waals surface area contributed by atoms with Crippen LogP contribution in [0.3, 0.4) is 0 Å². The molecule has 0 aliphatic carbocycles. The number of hydrogen-bond acceptors (Lipinski definition) is 3. The molecule has 1 unspecified atom stereocenters. The highest BCUT2D eigenvalue weighted by Gasteiger charge is 2.19. The molecular formula is C12H13Cl3N4OS. The predicted molar refractivity (Wildman–Crippen MR) is 91.0 cm³/mol. The van der Waals surface area contributed by atoms with Crippen molar-refractivity contribution in [2.75, 3.05) is 11.9 Å². The summed E-state index contributed by atoms with van der Waals surface area (Å²) in [5, 5.41) is 7.02. The first kappa shape index (κ1) is 16.5. The first-order valence-electron chi connectivity index (χ1n) is 6.26. The van der Waals surface area contributed by atoms with Crippen molar-refractivity contribution >= 4 is 63.3 Å². The van der Waals surface area contributed by atoms with Crippen LogP contribution in [0.15, 0.2) is 20.9 Å². The fourth-order valence-electron chi connectivity index (χ4n) is 1.61. The van der Waals surface area contributed by atoms with Crippen LogP contribution in [0.1, 0.15) is 19.8 Å². The van der Waals surface area contributed by atoms with Gasteiger partial charge in [0.05, 0.1) is 15.1 Å². The van der Waals surface area contributed by atoms with Crippen molar-refractivity contribution in [1.82, 2.24) is 5.32 Å². The summed E-state index contributed by atoms with van der Waals surface area (Å²) in [7, 11) is 0. The summed E-state index contributed by atoms with van der Waals surface area (Å²) in [5.41, 5.74) is 0.594. The van der Waals surface area contributed by atoms with E-state index in [1.54, 1.807) is 12.1 Å². The van der Waals surface area contributed by atoms with E-state index in [1.807, 2.05) is 0 Å². The van der Waals surface area contributed by atoms with Gasteiger partial charge < -0.3 is 10.6 Å². The number of benzene rings is 1. The van der Waals surface area contributed by atoms with Crippen LogP contribution in [0, 0.1) is 0 Å². The molecule has 0 saturated heterocycles. The topological polar surface area (TPSA) is 65.8 Å². The van der Waals surface area contributed by atoms with E-state index in [2.05, 4.69) is 26.4 Å². The van der Waals surface area contributed by atoms with Crippen LogP contribution in [0.25, 0.3) is 0 Å². The number of nitrogens with zero attached hydrogens (tertiary/aromatic N) is 2. The molecule has 2 rings (SSSR count). The second-order valence-corrected chi connectivity index (χ2v) is 6.29. The molecule has 0 amide bonds. The summed E-state index contributed by atoms with van der Waals surface area (Å²) in [6.07, 6.45) is 2.03. The molecule has 0 bridgehead atoms. The number of amidine groups is 2. The van der Waals surface area contributed by atoms with Crippen LogP contribution < -0.4 is 10.6 Å². The van der Waals surface area contributed by atoms with Gasteiger partial charge in [0.25, 0.3) is 11.2 Å². The molecule has 0 radical (unpaired) electrons. The minimum absolute atomic E-state index is 0.288. The van der Waals surface area contributed by atoms with Gasteiger partial charge in [-0.3, -0.25) is 0 Å². The van der Waals surface area contributed by atoms with Gasteiger partial charge in [0.1, 0.15) is 0 Å². The van der Waals surface area contributed by atoms with E-state index in [4.69, 9.17) is 34.8 Å². The normalized spacial score (nSPS) is 17.4. The molecule has 0 saturated carbocycles. The Kier molecular flexibility index (Phi) is 5.87. The zero-order valence-corrected chi connectivity index (χ0v) is 14.2. The van der Waals surface area contributed by atoms with Crippen LogP contribution >= 0.6 is 34.8 Å². The molecule has 0 aromatic heterocycles. The van der Waals surface area contributed by atoms with Gasteiger partial charge in [0, 0.05) is 12.2 Å². The molecule has 1 aromatic carbocycles. The molecule has 1 aromatic rings. The Labute approximate surface area is 140 Å². The Hall–Kier alpha value is -0.820. The van der Waals surface area contributed by atoms with E-state index >= 15 is 0 Å². The van der Waals surface area contributed by atoms with Gasteiger partial charge in [-0.25, -0.2) is 4.21 Å². The van der Waals surface area contributed by atoms with Crippen LogP contribution in [-0.4, -0.2) is 22.4 Å². The van der Waals surface area contributed by atoms with Crippen molar-refractivity contribution in [3.8, 4) is 0 Å². The minimum Gasteiger partial charge on any atom is -0.366 e. The highest BCUT2D eigenvalue weighted by molar-refractivity contribution is 7.83. The zero-order valence-electron chi connectivity index (χ0n) is 11.1. The molecule has 9 heteroatoms. The number of halogens is 3. The van der Waals surface area contributed by atoms with Crippen molar-refractivity contribution in [1.29, 1.82) is 0 Å². The summed E-state index contributed by atoms with van der Waals surface area (Å²) in [5.74, 6) is 0.850. The second-order valence-electron chi connectivity index (χ2n) is 4.27. The minimum atomic E-state index is -1.62. The van der Waals surface area contributed by atoms with Crippen molar-refractivity contribution in [3.05, 3.63) is 27.2 Å². The number of nitrogens with one attached hydrogen (secondary N) is 2. The molecule has 1 aliphatic heterocycles. The van der Waals surface area contributed by atoms with E-state index in [1.165, 1.54) is 0 Å². The Morgan fingerprint density at radius 2 is 1.76 bits per heavy atom. The largest absolute Gasteiger partial charge is 0.366 e. The van der Waals surface area contributed by atoms with Gasteiger partial charge in [-0.05, 0) is 18.6 Å². The Morgan fingerprint density at radius 3 is 2.38 bits per heavy atom. The lowest BCUT2D eigenvalue weighted by Gasteiger charge is -2.11. The van der Waals surface area contributed by atoms with E-state index in [0.29, 0.717) is 27.4 Å². The Balaban J connectivity index is 2.13. The zero-order chi connectivity index (χ0) is 15.4. The van der Waals surface area contributed by atoms with Crippen molar-refractivity contribution < 1.29 is 4.21 Å². The summed E-state index contributed by atoms with van der Waals surface area (Å²) in [4.78, 5) is 0. The number of unbranched alkanes of at least 4 members (excludes halogenated alkanes) is 1. The van der Waals surface area contributed by atoms with Gasteiger partial charge >= 0.3 is 0 Å². The molecule has 2 N–H and O–H groups in total. The lowest BCUT2D eigenvalue weighted by Crippen LogP contribution is -2.34. The van der Waals surface area contributed by atoms with Crippen LogP contribution in [0.5, 0.6) is 0 Å². The Bertz CT molecular complexity index is 610.